The molecule has 0 atom stereocenters. The number of nitrogens with one attached hydrogen (secondary N) is 1. The normalized spacial score (nSPS) is 11.9. The van der Waals surface area contributed by atoms with E-state index in [1.807, 2.05) is 24.6 Å². The zero-order chi connectivity index (χ0) is 18.6. The van der Waals surface area contributed by atoms with Crippen LogP contribution in [0.15, 0.2) is 12.3 Å². The van der Waals surface area contributed by atoms with E-state index in [-0.39, 0.29) is 24.0 Å². The van der Waals surface area contributed by atoms with Gasteiger partial charge in [0.15, 0.2) is 5.65 Å². The molecule has 2 aromatic rings. The highest BCUT2D eigenvalue weighted by atomic mass is 16.5. The van der Waals surface area contributed by atoms with E-state index in [9.17, 15) is 4.79 Å². The molecule has 0 spiro atoms. The summed E-state index contributed by atoms with van der Waals surface area (Å²) < 4.78 is 7.37. The van der Waals surface area contributed by atoms with Crippen LogP contribution in [0.25, 0.3) is 11.0 Å². The van der Waals surface area contributed by atoms with Crippen molar-refractivity contribution >= 4 is 16.9 Å². The van der Waals surface area contributed by atoms with Crippen molar-refractivity contribution < 1.29 is 9.53 Å². The molecule has 2 aromatic heterocycles. The van der Waals surface area contributed by atoms with Crippen LogP contribution in [0.5, 0.6) is 0 Å². The topological polar surface area (TPSA) is 69.0 Å². The van der Waals surface area contributed by atoms with Gasteiger partial charge in [-0.25, -0.2) is 9.67 Å². The van der Waals surface area contributed by atoms with Gasteiger partial charge in [-0.15, -0.1) is 0 Å². The van der Waals surface area contributed by atoms with Crippen molar-refractivity contribution in [2.24, 2.45) is 0 Å². The second kappa shape index (κ2) is 8.43. The Labute approximate surface area is 150 Å². The third kappa shape index (κ3) is 4.78. The molecule has 0 aliphatic rings. The Morgan fingerprint density at radius 2 is 1.96 bits per heavy atom. The third-order valence-corrected chi connectivity index (χ3v) is 3.97. The summed E-state index contributed by atoms with van der Waals surface area (Å²) in [6, 6.07) is 2.08. The molecule has 1 amide bonds. The van der Waals surface area contributed by atoms with Crippen LogP contribution < -0.4 is 5.32 Å². The number of carbonyl (C=O) groups is 1. The highest BCUT2D eigenvalue weighted by Gasteiger charge is 2.18. The largest absolute Gasteiger partial charge is 0.379 e. The van der Waals surface area contributed by atoms with Crippen molar-refractivity contribution in [2.45, 2.75) is 66.0 Å². The van der Waals surface area contributed by atoms with Gasteiger partial charge in [-0.3, -0.25) is 4.79 Å². The smallest absolute Gasteiger partial charge is 0.252 e. The molecule has 6 heteroatoms. The number of hydrogen-bond acceptors (Lipinski definition) is 4. The van der Waals surface area contributed by atoms with Crippen molar-refractivity contribution in [3.63, 3.8) is 0 Å². The Balaban J connectivity index is 2.22. The molecule has 2 rings (SSSR count). The van der Waals surface area contributed by atoms with E-state index in [2.05, 4.69) is 38.1 Å². The standard InChI is InChI=1S/C19H30N4O2/c1-12(2)17-10-15(19(24)20-8-7-9-25-14(5)6)16-11-21-23(13(3)4)18(16)22-17/h10-14H,7-9H2,1-6H3,(H,20,24). The van der Waals surface area contributed by atoms with Crippen LogP contribution in [-0.4, -0.2) is 39.9 Å². The second-order valence-corrected chi connectivity index (χ2v) is 7.20. The first kappa shape index (κ1) is 19.4. The molecule has 25 heavy (non-hydrogen) atoms. The maximum Gasteiger partial charge on any atom is 0.252 e. The fourth-order valence-corrected chi connectivity index (χ4v) is 2.59. The minimum Gasteiger partial charge on any atom is -0.379 e. The first-order chi connectivity index (χ1) is 11.8. The summed E-state index contributed by atoms with van der Waals surface area (Å²) in [4.78, 5) is 17.4. The number of rotatable bonds is 8. The van der Waals surface area contributed by atoms with Gasteiger partial charge in [0.1, 0.15) is 0 Å². The molecule has 0 aliphatic carbocycles. The molecule has 0 aliphatic heterocycles. The van der Waals surface area contributed by atoms with Crippen molar-refractivity contribution in [1.82, 2.24) is 20.1 Å². The molecule has 0 fully saturated rings. The summed E-state index contributed by atoms with van der Waals surface area (Å²) >= 11 is 0. The second-order valence-electron chi connectivity index (χ2n) is 7.20. The van der Waals surface area contributed by atoms with Crippen LogP contribution in [0.3, 0.4) is 0 Å². The highest BCUT2D eigenvalue weighted by Crippen LogP contribution is 2.24. The van der Waals surface area contributed by atoms with Gasteiger partial charge in [-0.2, -0.15) is 5.10 Å². The summed E-state index contributed by atoms with van der Waals surface area (Å²) in [6.45, 7) is 13.5. The Kier molecular flexibility index (Phi) is 6.53. The van der Waals surface area contributed by atoms with Gasteiger partial charge in [0.2, 0.25) is 0 Å². The Morgan fingerprint density at radius 3 is 2.56 bits per heavy atom. The summed E-state index contributed by atoms with van der Waals surface area (Å²) in [5, 5.41) is 8.21. The van der Waals surface area contributed by atoms with Crippen LogP contribution in [-0.2, 0) is 4.74 Å². The van der Waals surface area contributed by atoms with E-state index in [0.717, 1.165) is 23.1 Å². The number of amides is 1. The number of nitrogens with zero attached hydrogens (tertiary/aromatic N) is 3. The van der Waals surface area contributed by atoms with E-state index < -0.39 is 0 Å². The zero-order valence-electron chi connectivity index (χ0n) is 16.2. The predicted octanol–water partition coefficient (Wildman–Crippen LogP) is 3.68. The lowest BCUT2D eigenvalue weighted by Crippen LogP contribution is -2.26. The maximum absolute atomic E-state index is 12.7. The average molecular weight is 346 g/mol. The van der Waals surface area contributed by atoms with Gasteiger partial charge in [0.25, 0.3) is 5.91 Å². The van der Waals surface area contributed by atoms with Crippen LogP contribution in [0.2, 0.25) is 0 Å². The molecule has 0 aromatic carbocycles. The fourth-order valence-electron chi connectivity index (χ4n) is 2.59. The number of ether oxygens (including phenoxy) is 1. The zero-order valence-corrected chi connectivity index (χ0v) is 16.2. The van der Waals surface area contributed by atoms with Gasteiger partial charge in [0, 0.05) is 24.9 Å². The Morgan fingerprint density at radius 1 is 1.24 bits per heavy atom. The maximum atomic E-state index is 12.7. The molecular weight excluding hydrogens is 316 g/mol. The summed E-state index contributed by atoms with van der Waals surface area (Å²) in [7, 11) is 0. The molecule has 0 radical (unpaired) electrons. The minimum absolute atomic E-state index is 0.0813. The van der Waals surface area contributed by atoms with Crippen LogP contribution in [0.1, 0.15) is 76.0 Å². The predicted molar refractivity (Wildman–Crippen MR) is 100 cm³/mol. The molecule has 6 nitrogen and oxygen atoms in total. The van der Waals surface area contributed by atoms with Gasteiger partial charge in [-0.1, -0.05) is 13.8 Å². The fraction of sp³-hybridized carbons (Fsp3) is 0.632. The van der Waals surface area contributed by atoms with E-state index in [4.69, 9.17) is 9.72 Å². The molecule has 0 bridgehead atoms. The third-order valence-electron chi connectivity index (χ3n) is 3.97. The molecule has 2 heterocycles. The Bertz CT molecular complexity index is 720. The summed E-state index contributed by atoms with van der Waals surface area (Å²) in [5.74, 6) is 0.160. The van der Waals surface area contributed by atoms with Gasteiger partial charge in [0.05, 0.1) is 23.3 Å². The molecule has 1 N–H and O–H groups in total. The van der Waals surface area contributed by atoms with Crippen molar-refractivity contribution in [2.75, 3.05) is 13.2 Å². The van der Waals surface area contributed by atoms with Crippen LogP contribution in [0, 0.1) is 0 Å². The van der Waals surface area contributed by atoms with Gasteiger partial charge in [-0.05, 0) is 46.1 Å². The van der Waals surface area contributed by atoms with E-state index in [0.29, 0.717) is 18.7 Å². The molecule has 0 saturated carbocycles. The first-order valence-corrected chi connectivity index (χ1v) is 9.09. The molecular formula is C19H30N4O2. The lowest BCUT2D eigenvalue weighted by molar-refractivity contribution is 0.0757. The SMILES string of the molecule is CC(C)OCCCNC(=O)c1cc(C(C)C)nc2c1cnn2C(C)C. The number of fused-ring (bicyclic) bond motifs is 1. The van der Waals surface area contributed by atoms with E-state index >= 15 is 0 Å². The van der Waals surface area contributed by atoms with Gasteiger partial charge < -0.3 is 10.1 Å². The van der Waals surface area contributed by atoms with Crippen molar-refractivity contribution in [3.05, 3.63) is 23.5 Å². The summed E-state index contributed by atoms with van der Waals surface area (Å²) in [6.07, 6.45) is 2.75. The first-order valence-electron chi connectivity index (χ1n) is 9.09. The van der Waals surface area contributed by atoms with E-state index in [1.165, 1.54) is 0 Å². The summed E-state index contributed by atoms with van der Waals surface area (Å²) in [5.41, 5.74) is 2.32. The lowest BCUT2D eigenvalue weighted by atomic mass is 10.0. The highest BCUT2D eigenvalue weighted by molar-refractivity contribution is 6.05. The number of aromatic nitrogens is 3. The van der Waals surface area contributed by atoms with E-state index in [1.54, 1.807) is 6.20 Å². The quantitative estimate of drug-likeness (QED) is 0.740. The molecule has 0 unspecified atom stereocenters. The van der Waals surface area contributed by atoms with Crippen LogP contribution in [0.4, 0.5) is 0 Å². The average Bonchev–Trinajstić information content (AvgIpc) is 2.97. The molecule has 0 saturated heterocycles. The van der Waals surface area contributed by atoms with Crippen molar-refractivity contribution in [1.29, 1.82) is 0 Å². The lowest BCUT2D eigenvalue weighted by Gasteiger charge is -2.12. The monoisotopic (exact) mass is 346 g/mol. The number of hydrogen-bond donors (Lipinski definition) is 1. The van der Waals surface area contributed by atoms with Gasteiger partial charge >= 0.3 is 0 Å². The molecule has 138 valence electrons. The Hall–Kier alpha value is -1.95. The van der Waals surface area contributed by atoms with Crippen molar-refractivity contribution in [3.8, 4) is 0 Å². The number of pyridine rings is 1. The van der Waals surface area contributed by atoms with Crippen LogP contribution >= 0.6 is 0 Å². The minimum atomic E-state index is -0.0813. The number of carbonyl (C=O) groups excluding carboxylic acids is 1.